The van der Waals surface area contributed by atoms with E-state index in [9.17, 15) is 4.79 Å². The van der Waals surface area contributed by atoms with Crippen molar-refractivity contribution in [3.05, 3.63) is 59.4 Å². The highest BCUT2D eigenvalue weighted by molar-refractivity contribution is 5.92. The molecule has 6 nitrogen and oxygen atoms in total. The molecule has 0 atom stereocenters. The number of primary amides is 1. The zero-order valence-corrected chi connectivity index (χ0v) is 14.8. The van der Waals surface area contributed by atoms with Crippen molar-refractivity contribution in [3.8, 4) is 0 Å². The lowest BCUT2D eigenvalue weighted by atomic mass is 9.92. The van der Waals surface area contributed by atoms with Crippen molar-refractivity contribution in [1.82, 2.24) is 9.38 Å². The number of imidazole rings is 1. The number of carbonyl (C=O) groups excluding carboxylic acids is 1. The molecule has 25 heavy (non-hydrogen) atoms. The number of rotatable bonds is 3. The highest BCUT2D eigenvalue weighted by Crippen LogP contribution is 2.33. The number of pyridine rings is 1. The Morgan fingerprint density at radius 2 is 1.80 bits per heavy atom. The van der Waals surface area contributed by atoms with Crippen molar-refractivity contribution in [2.75, 3.05) is 0 Å². The fourth-order valence-corrected chi connectivity index (χ4v) is 2.59. The number of fused-ring (bicyclic) bond motifs is 1. The standard InChI is InChI=1S/C19H21N5O/c1-12-6-5-11-24-17(12)21-15(19(2,3)4)18(24)23-22-14-9-7-13(8-10-14)16(20)25/h5-11H,1-4H3,(H2,20,25). The van der Waals surface area contributed by atoms with E-state index in [0.717, 1.165) is 16.9 Å². The largest absolute Gasteiger partial charge is 0.366 e. The number of nitrogens with zero attached hydrogens (tertiary/aromatic N) is 4. The van der Waals surface area contributed by atoms with Gasteiger partial charge in [-0.1, -0.05) is 26.8 Å². The van der Waals surface area contributed by atoms with E-state index in [0.29, 0.717) is 17.1 Å². The van der Waals surface area contributed by atoms with Gasteiger partial charge < -0.3 is 5.73 Å². The maximum atomic E-state index is 11.1. The van der Waals surface area contributed by atoms with E-state index >= 15 is 0 Å². The quantitative estimate of drug-likeness (QED) is 0.717. The summed E-state index contributed by atoms with van der Waals surface area (Å²) in [6.45, 7) is 8.33. The Bertz CT molecular complexity index is 962. The van der Waals surface area contributed by atoms with Crippen LogP contribution in [0, 0.1) is 6.92 Å². The van der Waals surface area contributed by atoms with Crippen LogP contribution in [0.2, 0.25) is 0 Å². The molecule has 0 bridgehead atoms. The average molecular weight is 335 g/mol. The van der Waals surface area contributed by atoms with Crippen LogP contribution in [0.25, 0.3) is 5.65 Å². The predicted molar refractivity (Wildman–Crippen MR) is 97.8 cm³/mol. The summed E-state index contributed by atoms with van der Waals surface area (Å²) in [6.07, 6.45) is 1.94. The molecule has 0 aliphatic carbocycles. The Kier molecular flexibility index (Phi) is 4.12. The van der Waals surface area contributed by atoms with Gasteiger partial charge in [-0.15, -0.1) is 10.2 Å². The summed E-state index contributed by atoms with van der Waals surface area (Å²) in [5.74, 6) is 0.251. The van der Waals surface area contributed by atoms with Crippen molar-refractivity contribution in [2.24, 2.45) is 16.0 Å². The Balaban J connectivity index is 2.08. The van der Waals surface area contributed by atoms with Crippen LogP contribution in [0.15, 0.2) is 52.8 Å². The van der Waals surface area contributed by atoms with Crippen molar-refractivity contribution < 1.29 is 4.79 Å². The number of nitrogens with two attached hydrogens (primary N) is 1. The molecule has 0 aliphatic rings. The van der Waals surface area contributed by atoms with Gasteiger partial charge in [-0.05, 0) is 42.8 Å². The zero-order chi connectivity index (χ0) is 18.2. The highest BCUT2D eigenvalue weighted by Gasteiger charge is 2.24. The van der Waals surface area contributed by atoms with E-state index in [4.69, 9.17) is 10.7 Å². The fourth-order valence-electron chi connectivity index (χ4n) is 2.59. The van der Waals surface area contributed by atoms with E-state index in [1.54, 1.807) is 24.3 Å². The maximum absolute atomic E-state index is 11.1. The number of benzene rings is 1. The smallest absolute Gasteiger partial charge is 0.248 e. The number of aryl methyl sites for hydroxylation is 1. The normalized spacial score (nSPS) is 12.2. The van der Waals surface area contributed by atoms with Crippen LogP contribution in [0.3, 0.4) is 0 Å². The second-order valence-corrected chi connectivity index (χ2v) is 7.03. The first-order valence-electron chi connectivity index (χ1n) is 8.07. The van der Waals surface area contributed by atoms with Gasteiger partial charge >= 0.3 is 0 Å². The average Bonchev–Trinajstić information content (AvgIpc) is 2.94. The van der Waals surface area contributed by atoms with Gasteiger partial charge in [-0.3, -0.25) is 9.20 Å². The van der Waals surface area contributed by atoms with Crippen molar-refractivity contribution in [3.63, 3.8) is 0 Å². The minimum Gasteiger partial charge on any atom is -0.366 e. The first-order valence-corrected chi connectivity index (χ1v) is 8.07. The van der Waals surface area contributed by atoms with Crippen LogP contribution in [-0.2, 0) is 5.41 Å². The Hall–Kier alpha value is -3.02. The van der Waals surface area contributed by atoms with Crippen molar-refractivity contribution in [2.45, 2.75) is 33.1 Å². The second-order valence-electron chi connectivity index (χ2n) is 7.03. The summed E-state index contributed by atoms with van der Waals surface area (Å²) in [5, 5.41) is 8.77. The van der Waals surface area contributed by atoms with Gasteiger partial charge in [0.15, 0.2) is 5.82 Å². The Morgan fingerprint density at radius 1 is 1.12 bits per heavy atom. The molecule has 0 saturated carbocycles. The second kappa shape index (κ2) is 6.12. The van der Waals surface area contributed by atoms with Crippen LogP contribution < -0.4 is 5.73 Å². The molecule has 6 heteroatoms. The first-order chi connectivity index (χ1) is 11.8. The molecule has 0 unspecified atom stereocenters. The van der Waals surface area contributed by atoms with Crippen LogP contribution in [-0.4, -0.2) is 15.3 Å². The monoisotopic (exact) mass is 335 g/mol. The Morgan fingerprint density at radius 3 is 2.40 bits per heavy atom. The number of carbonyl (C=O) groups is 1. The third-order valence-electron chi connectivity index (χ3n) is 3.94. The minimum absolute atomic E-state index is 0.164. The highest BCUT2D eigenvalue weighted by atomic mass is 16.1. The van der Waals surface area contributed by atoms with E-state index in [2.05, 4.69) is 31.0 Å². The van der Waals surface area contributed by atoms with Gasteiger partial charge in [0.1, 0.15) is 5.65 Å². The zero-order valence-electron chi connectivity index (χ0n) is 14.8. The van der Waals surface area contributed by atoms with Gasteiger partial charge in [0.05, 0.1) is 11.4 Å². The van der Waals surface area contributed by atoms with E-state index in [1.165, 1.54) is 0 Å². The molecule has 0 spiro atoms. The summed E-state index contributed by atoms with van der Waals surface area (Å²) in [4.78, 5) is 15.9. The third kappa shape index (κ3) is 3.28. The van der Waals surface area contributed by atoms with E-state index in [-0.39, 0.29) is 5.41 Å². The van der Waals surface area contributed by atoms with Crippen LogP contribution in [0.4, 0.5) is 11.5 Å². The summed E-state index contributed by atoms with van der Waals surface area (Å²) < 4.78 is 1.96. The molecule has 1 amide bonds. The number of hydrogen-bond donors (Lipinski definition) is 1. The molecule has 2 heterocycles. The molecule has 128 valence electrons. The first kappa shape index (κ1) is 16.8. The lowest BCUT2D eigenvalue weighted by Crippen LogP contribution is -2.11. The molecule has 0 fully saturated rings. The molecule has 0 saturated heterocycles. The number of hydrogen-bond acceptors (Lipinski definition) is 4. The molecule has 2 N–H and O–H groups in total. The number of amides is 1. The topological polar surface area (TPSA) is 85.1 Å². The van der Waals surface area contributed by atoms with Gasteiger partial charge in [0.25, 0.3) is 0 Å². The van der Waals surface area contributed by atoms with Crippen molar-refractivity contribution >= 4 is 23.1 Å². The molecule has 0 aliphatic heterocycles. The maximum Gasteiger partial charge on any atom is 0.248 e. The summed E-state index contributed by atoms with van der Waals surface area (Å²) in [5.41, 5.74) is 9.03. The van der Waals surface area contributed by atoms with Gasteiger partial charge in [-0.2, -0.15) is 0 Å². The van der Waals surface area contributed by atoms with Crippen LogP contribution in [0.5, 0.6) is 0 Å². The summed E-state index contributed by atoms with van der Waals surface area (Å²) in [6, 6.07) is 10.7. The Labute approximate surface area is 146 Å². The van der Waals surface area contributed by atoms with E-state index < -0.39 is 5.91 Å². The van der Waals surface area contributed by atoms with Crippen LogP contribution in [0.1, 0.15) is 42.4 Å². The molecular formula is C19H21N5O. The minimum atomic E-state index is -0.462. The van der Waals surface area contributed by atoms with Crippen molar-refractivity contribution in [1.29, 1.82) is 0 Å². The third-order valence-corrected chi connectivity index (χ3v) is 3.94. The summed E-state index contributed by atoms with van der Waals surface area (Å²) in [7, 11) is 0. The van der Waals surface area contributed by atoms with Gasteiger partial charge in [0, 0.05) is 17.2 Å². The van der Waals surface area contributed by atoms with Gasteiger partial charge in [0.2, 0.25) is 5.91 Å². The fraction of sp³-hybridized carbons (Fsp3) is 0.263. The van der Waals surface area contributed by atoms with E-state index in [1.807, 2.05) is 29.7 Å². The molecular weight excluding hydrogens is 314 g/mol. The SMILES string of the molecule is Cc1cccn2c(N=Nc3ccc(C(N)=O)cc3)c(C(C)(C)C)nc12. The molecule has 0 radical (unpaired) electrons. The molecule has 2 aromatic heterocycles. The molecule has 3 rings (SSSR count). The number of azo groups is 1. The lowest BCUT2D eigenvalue weighted by Gasteiger charge is -2.15. The predicted octanol–water partition coefficient (Wildman–Crippen LogP) is 4.45. The summed E-state index contributed by atoms with van der Waals surface area (Å²) >= 11 is 0. The molecule has 3 aromatic rings. The lowest BCUT2D eigenvalue weighted by molar-refractivity contribution is 0.100. The molecule has 1 aromatic carbocycles. The van der Waals surface area contributed by atoms with Crippen LogP contribution >= 0.6 is 0 Å². The van der Waals surface area contributed by atoms with Gasteiger partial charge in [-0.25, -0.2) is 4.98 Å². The number of aromatic nitrogens is 2.